The number of hydrogen-bond acceptors (Lipinski definition) is 2. The normalized spacial score (nSPS) is 30.1. The third-order valence-corrected chi connectivity index (χ3v) is 7.54. The summed E-state index contributed by atoms with van der Waals surface area (Å²) in [6.45, 7) is 1.66. The maximum absolute atomic E-state index is 13.6. The highest BCUT2D eigenvalue weighted by Gasteiger charge is 2.53. The molecule has 0 radical (unpaired) electrons. The van der Waals surface area contributed by atoms with Crippen LogP contribution in [0.15, 0.2) is 47.7 Å². The number of hydrogen-bond donors (Lipinski definition) is 1. The number of alkyl halides is 3. The van der Waals surface area contributed by atoms with Crippen LogP contribution in [0.2, 0.25) is 0 Å². The van der Waals surface area contributed by atoms with Crippen molar-refractivity contribution in [2.24, 2.45) is 23.2 Å². The van der Waals surface area contributed by atoms with Gasteiger partial charge in [0.15, 0.2) is 0 Å². The highest BCUT2D eigenvalue weighted by molar-refractivity contribution is 5.63. The van der Waals surface area contributed by atoms with Gasteiger partial charge in [-0.15, -0.1) is 0 Å². The molecule has 1 aromatic heterocycles. The molecule has 3 nitrogen and oxygen atoms in total. The van der Waals surface area contributed by atoms with Crippen molar-refractivity contribution in [3.8, 4) is 5.69 Å². The number of halogens is 4. The lowest BCUT2D eigenvalue weighted by molar-refractivity contribution is -0.199. The van der Waals surface area contributed by atoms with Gasteiger partial charge in [-0.3, -0.25) is 0 Å². The van der Waals surface area contributed by atoms with E-state index in [0.29, 0.717) is 19.3 Å². The fraction of sp³-hybridized carbons (Fsp3) is 0.458. The molecule has 164 valence electrons. The molecule has 7 heteroatoms. The quantitative estimate of drug-likeness (QED) is 0.504. The van der Waals surface area contributed by atoms with Crippen molar-refractivity contribution >= 4 is 6.08 Å². The first kappa shape index (κ1) is 20.5. The Morgan fingerprint density at radius 1 is 1.23 bits per heavy atom. The molecule has 1 aromatic carbocycles. The van der Waals surface area contributed by atoms with Crippen molar-refractivity contribution in [3.05, 3.63) is 64.8 Å². The summed E-state index contributed by atoms with van der Waals surface area (Å²) in [5.41, 5.74) is 4.59. The molecular weight excluding hydrogens is 408 g/mol. The van der Waals surface area contributed by atoms with Crippen LogP contribution in [-0.2, 0) is 6.42 Å². The van der Waals surface area contributed by atoms with E-state index in [1.807, 2.05) is 0 Å². The number of aliphatic hydroxyl groups is 1. The maximum Gasteiger partial charge on any atom is 0.392 e. The molecule has 1 heterocycles. The van der Waals surface area contributed by atoms with Gasteiger partial charge in [0.05, 0.1) is 23.5 Å². The number of fused-ring (bicyclic) bond motifs is 4. The van der Waals surface area contributed by atoms with Crippen molar-refractivity contribution in [1.82, 2.24) is 9.78 Å². The van der Waals surface area contributed by atoms with Crippen molar-refractivity contribution in [1.29, 1.82) is 0 Å². The molecule has 1 unspecified atom stereocenters. The van der Waals surface area contributed by atoms with Crippen LogP contribution in [0.1, 0.15) is 37.4 Å². The Morgan fingerprint density at radius 3 is 2.65 bits per heavy atom. The first-order valence-corrected chi connectivity index (χ1v) is 10.6. The van der Waals surface area contributed by atoms with E-state index in [9.17, 15) is 22.7 Å². The molecule has 3 aliphatic rings. The van der Waals surface area contributed by atoms with Gasteiger partial charge in [0.1, 0.15) is 5.82 Å². The van der Waals surface area contributed by atoms with Crippen LogP contribution >= 0.6 is 0 Å². The summed E-state index contributed by atoms with van der Waals surface area (Å²) in [7, 11) is 0. The predicted molar refractivity (Wildman–Crippen MR) is 109 cm³/mol. The Hall–Kier alpha value is -2.41. The monoisotopic (exact) mass is 432 g/mol. The predicted octanol–water partition coefficient (Wildman–Crippen LogP) is 5.48. The Bertz CT molecular complexity index is 1070. The minimum Gasteiger partial charge on any atom is -0.396 e. The number of nitrogens with zero attached hydrogens (tertiary/aromatic N) is 2. The zero-order valence-electron chi connectivity index (χ0n) is 17.2. The topological polar surface area (TPSA) is 38.0 Å². The Labute approximate surface area is 178 Å². The molecule has 0 spiro atoms. The molecule has 0 amide bonds. The SMILES string of the molecule is C[C@]12Cc3cnn(-c4ccc(F)cc4)c3C=C1CCC1C2=CC[C@@H](C(F)(F)F)[C@@H]1CO. The summed E-state index contributed by atoms with van der Waals surface area (Å²) in [6, 6.07) is 6.15. The molecule has 4 atom stereocenters. The van der Waals surface area contributed by atoms with E-state index < -0.39 is 24.6 Å². The lowest BCUT2D eigenvalue weighted by Gasteiger charge is -2.51. The zero-order chi connectivity index (χ0) is 22.0. The van der Waals surface area contributed by atoms with Gasteiger partial charge < -0.3 is 5.11 Å². The number of rotatable bonds is 2. The average Bonchev–Trinajstić information content (AvgIpc) is 3.13. The summed E-state index contributed by atoms with van der Waals surface area (Å²) in [6.07, 6.45) is 3.26. The van der Waals surface area contributed by atoms with Crippen LogP contribution < -0.4 is 0 Å². The van der Waals surface area contributed by atoms with Crippen LogP contribution in [0.4, 0.5) is 17.6 Å². The minimum absolute atomic E-state index is 0.0782. The summed E-state index contributed by atoms with van der Waals surface area (Å²) in [5, 5.41) is 14.4. The fourth-order valence-electron chi connectivity index (χ4n) is 5.96. The molecular formula is C24H24F4N2O. The second kappa shape index (κ2) is 7.05. The molecule has 1 N–H and O–H groups in total. The molecule has 3 aliphatic carbocycles. The molecule has 0 bridgehead atoms. The van der Waals surface area contributed by atoms with E-state index in [4.69, 9.17) is 0 Å². The Balaban J connectivity index is 1.54. The molecule has 31 heavy (non-hydrogen) atoms. The zero-order valence-corrected chi connectivity index (χ0v) is 17.2. The van der Waals surface area contributed by atoms with E-state index in [-0.39, 0.29) is 23.6 Å². The minimum atomic E-state index is -4.30. The van der Waals surface area contributed by atoms with Gasteiger partial charge >= 0.3 is 6.18 Å². The summed E-state index contributed by atoms with van der Waals surface area (Å²) in [4.78, 5) is 0. The van der Waals surface area contributed by atoms with E-state index >= 15 is 0 Å². The van der Waals surface area contributed by atoms with E-state index in [2.05, 4.69) is 18.1 Å². The van der Waals surface area contributed by atoms with Gasteiger partial charge in [0.25, 0.3) is 0 Å². The molecule has 1 fully saturated rings. The molecule has 0 saturated heterocycles. The van der Waals surface area contributed by atoms with Gasteiger partial charge in [-0.1, -0.05) is 24.1 Å². The van der Waals surface area contributed by atoms with E-state index in [0.717, 1.165) is 22.5 Å². The first-order chi connectivity index (χ1) is 14.7. The van der Waals surface area contributed by atoms with E-state index in [1.54, 1.807) is 29.1 Å². The smallest absolute Gasteiger partial charge is 0.392 e. The molecule has 2 aromatic rings. The number of aromatic nitrogens is 2. The van der Waals surface area contributed by atoms with Crippen LogP contribution in [0.5, 0.6) is 0 Å². The first-order valence-electron chi connectivity index (χ1n) is 10.6. The summed E-state index contributed by atoms with van der Waals surface area (Å²) >= 11 is 0. The third kappa shape index (κ3) is 3.16. The van der Waals surface area contributed by atoms with Gasteiger partial charge in [0.2, 0.25) is 0 Å². The molecule has 0 aliphatic heterocycles. The average molecular weight is 432 g/mol. The van der Waals surface area contributed by atoms with Crippen LogP contribution in [0.3, 0.4) is 0 Å². The van der Waals surface area contributed by atoms with Gasteiger partial charge in [-0.2, -0.15) is 18.3 Å². The lowest BCUT2D eigenvalue weighted by atomic mass is 9.54. The van der Waals surface area contributed by atoms with Crippen LogP contribution in [0.25, 0.3) is 11.8 Å². The second-order valence-electron chi connectivity index (χ2n) is 9.16. The van der Waals surface area contributed by atoms with Gasteiger partial charge in [-0.25, -0.2) is 9.07 Å². The standard InChI is InChI=1S/C24H24F4N2O/c1-23-11-14-12-29-30(17-5-3-16(25)4-6-17)22(14)10-15(23)2-7-18-19(13-31)21(24(26,27)28)9-8-20(18)23/h3-6,8,10,12,18-19,21,31H,2,7,9,11,13H2,1H3/t18?,19-,21-,23+/m1/s1. The number of allylic oxidation sites excluding steroid dienone is 3. The fourth-order valence-corrected chi connectivity index (χ4v) is 5.96. The van der Waals surface area contributed by atoms with Crippen LogP contribution in [-0.4, -0.2) is 27.7 Å². The number of benzene rings is 1. The lowest BCUT2D eigenvalue weighted by Crippen LogP contribution is -2.46. The van der Waals surface area contributed by atoms with E-state index in [1.165, 1.54) is 17.7 Å². The molecule has 5 rings (SSSR count). The second-order valence-corrected chi connectivity index (χ2v) is 9.16. The van der Waals surface area contributed by atoms with Gasteiger partial charge in [0, 0.05) is 17.9 Å². The maximum atomic E-state index is 13.6. The summed E-state index contributed by atoms with van der Waals surface area (Å²) in [5.74, 6) is -2.85. The Kier molecular flexibility index (Phi) is 4.66. The molecule has 1 saturated carbocycles. The highest BCUT2D eigenvalue weighted by Crippen LogP contribution is 2.58. The van der Waals surface area contributed by atoms with Crippen molar-refractivity contribution in [2.45, 2.75) is 38.8 Å². The highest BCUT2D eigenvalue weighted by atomic mass is 19.4. The van der Waals surface area contributed by atoms with Crippen molar-refractivity contribution < 1.29 is 22.7 Å². The van der Waals surface area contributed by atoms with Crippen molar-refractivity contribution in [2.75, 3.05) is 6.61 Å². The summed E-state index contributed by atoms with van der Waals surface area (Å²) < 4.78 is 55.8. The van der Waals surface area contributed by atoms with Gasteiger partial charge in [-0.05, 0) is 67.5 Å². The third-order valence-electron chi connectivity index (χ3n) is 7.54. The van der Waals surface area contributed by atoms with Crippen LogP contribution in [0, 0.1) is 29.0 Å². The number of aliphatic hydroxyl groups excluding tert-OH is 1. The largest absolute Gasteiger partial charge is 0.396 e. The van der Waals surface area contributed by atoms with Crippen molar-refractivity contribution in [3.63, 3.8) is 0 Å². The Morgan fingerprint density at radius 2 is 1.97 bits per heavy atom.